The number of hydrogen-bond donors (Lipinski definition) is 0. The van der Waals surface area contributed by atoms with Gasteiger partial charge in [-0.2, -0.15) is 0 Å². The van der Waals surface area contributed by atoms with E-state index in [2.05, 4.69) is 9.47 Å². The van der Waals surface area contributed by atoms with Gasteiger partial charge in [0.05, 0.1) is 11.2 Å². The zero-order valence-corrected chi connectivity index (χ0v) is 13.6. The summed E-state index contributed by atoms with van der Waals surface area (Å²) in [7, 11) is -0.267. The van der Waals surface area contributed by atoms with Gasteiger partial charge in [0.15, 0.2) is 11.5 Å². The third-order valence-corrected chi connectivity index (χ3v) is 5.31. The lowest BCUT2D eigenvalue weighted by Gasteiger charge is -2.32. The van der Waals surface area contributed by atoms with Crippen LogP contribution in [0.15, 0.2) is 18.2 Å². The Morgan fingerprint density at radius 1 is 1.00 bits per heavy atom. The number of hydrogen-bond acceptors (Lipinski definition) is 4. The van der Waals surface area contributed by atoms with Gasteiger partial charge < -0.3 is 18.8 Å². The van der Waals surface area contributed by atoms with Crippen LogP contribution < -0.4 is 9.47 Å². The lowest BCUT2D eigenvalue weighted by Crippen LogP contribution is -2.41. The van der Waals surface area contributed by atoms with Crippen LogP contribution in [0.2, 0.25) is 5.82 Å². The Labute approximate surface area is 134 Å². The molecule has 0 bridgehead atoms. The molecule has 4 nitrogen and oxygen atoms in total. The Hall–Kier alpha value is -1.34. The number of fused-ring (bicyclic) bond motifs is 1. The molecule has 4 rings (SSSR count). The molecule has 0 spiro atoms. The molecule has 0 amide bonds. The molecule has 2 atom stereocenters. The number of benzene rings is 1. The first kappa shape index (κ1) is 15.2. The van der Waals surface area contributed by atoms with Crippen molar-refractivity contribution in [1.82, 2.24) is 0 Å². The first-order valence-corrected chi connectivity index (χ1v) is 7.83. The highest BCUT2D eigenvalue weighted by Crippen LogP contribution is 2.59. The largest absolute Gasteiger partial charge is 0.586 e. The van der Waals surface area contributed by atoms with Gasteiger partial charge in [0, 0.05) is 5.82 Å². The summed E-state index contributed by atoms with van der Waals surface area (Å²) in [6.45, 7) is 8.08. The zero-order valence-electron chi connectivity index (χ0n) is 13.6. The first-order chi connectivity index (χ1) is 10.6. The molecular formula is C16H19BF2O4. The van der Waals surface area contributed by atoms with Crippen LogP contribution in [0.3, 0.4) is 0 Å². The minimum Gasteiger partial charge on any atom is -0.403 e. The normalized spacial score (nSPS) is 32.2. The standard InChI is InChI=1S/C16H19BF2O4/c1-14(2)15(3,4)23-17(22-14)11-8-10(11)9-5-6-12-13(7-9)21-16(18,19)20-12/h5-7,10-11H,8H2,1-4H3/t10-,11+/m1/s1. The van der Waals surface area contributed by atoms with E-state index in [1.807, 2.05) is 27.7 Å². The van der Waals surface area contributed by atoms with Gasteiger partial charge in [-0.15, -0.1) is 8.78 Å². The molecule has 0 radical (unpaired) electrons. The van der Waals surface area contributed by atoms with Gasteiger partial charge >= 0.3 is 13.4 Å². The predicted octanol–water partition coefficient (Wildman–Crippen LogP) is 3.96. The van der Waals surface area contributed by atoms with Crippen LogP contribution >= 0.6 is 0 Å². The molecule has 2 aliphatic heterocycles. The van der Waals surface area contributed by atoms with E-state index in [9.17, 15) is 8.78 Å². The second kappa shape index (κ2) is 4.39. The van der Waals surface area contributed by atoms with E-state index < -0.39 is 6.29 Å². The summed E-state index contributed by atoms with van der Waals surface area (Å²) in [4.78, 5) is 0. The fraction of sp³-hybridized carbons (Fsp3) is 0.625. The third-order valence-electron chi connectivity index (χ3n) is 5.31. The van der Waals surface area contributed by atoms with Gasteiger partial charge in [0.25, 0.3) is 0 Å². The van der Waals surface area contributed by atoms with Crippen molar-refractivity contribution in [3.8, 4) is 11.5 Å². The average Bonchev–Trinajstić information content (AvgIpc) is 3.08. The second-order valence-electron chi connectivity index (χ2n) is 7.50. The second-order valence-corrected chi connectivity index (χ2v) is 7.50. The number of alkyl halides is 2. The molecule has 1 aromatic carbocycles. The van der Waals surface area contributed by atoms with Crippen LogP contribution in [0.4, 0.5) is 8.78 Å². The number of rotatable bonds is 2. The molecule has 1 saturated heterocycles. The van der Waals surface area contributed by atoms with Crippen LogP contribution in [0, 0.1) is 0 Å². The molecular weight excluding hydrogens is 305 g/mol. The quantitative estimate of drug-likeness (QED) is 0.772. The summed E-state index contributed by atoms with van der Waals surface area (Å²) in [6, 6.07) is 4.97. The molecule has 2 fully saturated rings. The van der Waals surface area contributed by atoms with Crippen LogP contribution in [0.25, 0.3) is 0 Å². The average molecular weight is 324 g/mol. The van der Waals surface area contributed by atoms with Crippen molar-refractivity contribution < 1.29 is 27.6 Å². The monoisotopic (exact) mass is 324 g/mol. The van der Waals surface area contributed by atoms with E-state index in [1.54, 1.807) is 12.1 Å². The molecule has 23 heavy (non-hydrogen) atoms. The molecule has 1 aromatic rings. The maximum absolute atomic E-state index is 13.1. The van der Waals surface area contributed by atoms with Crippen LogP contribution in [-0.2, 0) is 9.31 Å². The SMILES string of the molecule is CC1(C)OB([C@H]2C[C@@H]2c2ccc3c(c2)OC(F)(F)O3)OC1(C)C. The van der Waals surface area contributed by atoms with E-state index in [-0.39, 0.29) is 41.6 Å². The van der Waals surface area contributed by atoms with Crippen LogP contribution in [0.1, 0.15) is 45.6 Å². The fourth-order valence-electron chi connectivity index (χ4n) is 3.16. The summed E-state index contributed by atoms with van der Waals surface area (Å²) in [5, 5.41) is 0. The summed E-state index contributed by atoms with van der Waals surface area (Å²) in [5.41, 5.74) is 0.230. The Balaban J connectivity index is 1.49. The van der Waals surface area contributed by atoms with E-state index in [0.717, 1.165) is 12.0 Å². The summed E-state index contributed by atoms with van der Waals surface area (Å²) >= 11 is 0. The molecule has 1 saturated carbocycles. The molecule has 0 aromatic heterocycles. The number of ether oxygens (including phenoxy) is 2. The summed E-state index contributed by atoms with van der Waals surface area (Å²) in [6.07, 6.45) is -2.66. The molecule has 7 heteroatoms. The maximum Gasteiger partial charge on any atom is 0.586 e. The van der Waals surface area contributed by atoms with Crippen LogP contribution in [0.5, 0.6) is 11.5 Å². The smallest absolute Gasteiger partial charge is 0.403 e. The molecule has 0 N–H and O–H groups in total. The maximum atomic E-state index is 13.1. The Morgan fingerprint density at radius 3 is 2.26 bits per heavy atom. The molecule has 2 heterocycles. The fourth-order valence-corrected chi connectivity index (χ4v) is 3.16. The van der Waals surface area contributed by atoms with Gasteiger partial charge in [-0.05, 0) is 57.7 Å². The molecule has 1 aliphatic carbocycles. The Bertz CT molecular complexity index is 645. The Morgan fingerprint density at radius 2 is 1.61 bits per heavy atom. The van der Waals surface area contributed by atoms with Crippen molar-refractivity contribution in [2.24, 2.45) is 0 Å². The minimum absolute atomic E-state index is 0.0755. The van der Waals surface area contributed by atoms with Crippen molar-refractivity contribution in [3.63, 3.8) is 0 Å². The van der Waals surface area contributed by atoms with Crippen molar-refractivity contribution in [3.05, 3.63) is 23.8 Å². The van der Waals surface area contributed by atoms with E-state index in [0.29, 0.717) is 0 Å². The third kappa shape index (κ3) is 2.41. The van der Waals surface area contributed by atoms with Crippen molar-refractivity contribution in [2.75, 3.05) is 0 Å². The predicted molar refractivity (Wildman–Crippen MR) is 79.8 cm³/mol. The summed E-state index contributed by atoms with van der Waals surface area (Å²) < 4.78 is 47.3. The Kier molecular flexibility index (Phi) is 2.90. The van der Waals surface area contributed by atoms with Crippen molar-refractivity contribution in [1.29, 1.82) is 0 Å². The van der Waals surface area contributed by atoms with Crippen molar-refractivity contribution >= 4 is 7.12 Å². The van der Waals surface area contributed by atoms with Gasteiger partial charge in [-0.1, -0.05) is 6.07 Å². The molecule has 3 aliphatic rings. The minimum atomic E-state index is -3.57. The van der Waals surface area contributed by atoms with Gasteiger partial charge in [-0.25, -0.2) is 0 Å². The van der Waals surface area contributed by atoms with E-state index >= 15 is 0 Å². The topological polar surface area (TPSA) is 36.9 Å². The van der Waals surface area contributed by atoms with Gasteiger partial charge in [-0.3, -0.25) is 0 Å². The van der Waals surface area contributed by atoms with E-state index in [4.69, 9.17) is 9.31 Å². The van der Waals surface area contributed by atoms with Crippen molar-refractivity contribution in [2.45, 2.75) is 63.3 Å². The lowest BCUT2D eigenvalue weighted by molar-refractivity contribution is -0.286. The highest BCUT2D eigenvalue weighted by Gasteiger charge is 2.60. The lowest BCUT2D eigenvalue weighted by atomic mass is 9.79. The van der Waals surface area contributed by atoms with Crippen LogP contribution in [-0.4, -0.2) is 24.6 Å². The summed E-state index contributed by atoms with van der Waals surface area (Å²) in [5.74, 6) is 0.628. The first-order valence-electron chi connectivity index (χ1n) is 7.83. The molecule has 0 unspecified atom stereocenters. The zero-order chi connectivity index (χ0) is 16.6. The van der Waals surface area contributed by atoms with Gasteiger partial charge in [0.1, 0.15) is 0 Å². The molecule has 124 valence electrons. The van der Waals surface area contributed by atoms with E-state index in [1.165, 1.54) is 6.07 Å². The highest BCUT2D eigenvalue weighted by atomic mass is 19.3. The number of halogens is 2. The highest BCUT2D eigenvalue weighted by molar-refractivity contribution is 6.49. The van der Waals surface area contributed by atoms with Gasteiger partial charge in [0.2, 0.25) is 0 Å².